The van der Waals surface area contributed by atoms with Crippen molar-refractivity contribution in [2.75, 3.05) is 32.4 Å². The molecule has 0 atom stereocenters. The topological polar surface area (TPSA) is 24.8 Å². The molecule has 0 aliphatic carbocycles. The van der Waals surface area contributed by atoms with Crippen LogP contribution in [0.4, 0.5) is 5.69 Å². The first-order valence-electron chi connectivity index (χ1n) is 4.61. The number of benzene rings is 1. The lowest BCUT2D eigenvalue weighted by Gasteiger charge is -2.19. The monoisotopic (exact) mass is 224 g/mol. The van der Waals surface area contributed by atoms with Crippen molar-refractivity contribution < 1.29 is 4.74 Å². The number of rotatable bonds is 2. The molecule has 0 aromatic heterocycles. The summed E-state index contributed by atoms with van der Waals surface area (Å²) in [5.41, 5.74) is 1.10. The van der Waals surface area contributed by atoms with Gasteiger partial charge in [0.2, 0.25) is 0 Å². The highest BCUT2D eigenvalue weighted by Crippen LogP contribution is 2.20. The minimum absolute atomic E-state index is 0.867. The van der Waals surface area contributed by atoms with Crippen LogP contribution in [0.2, 0.25) is 0 Å². The van der Waals surface area contributed by atoms with Gasteiger partial charge < -0.3 is 9.64 Å². The number of ether oxygens (including phenoxy) is 1. The zero-order valence-corrected chi connectivity index (χ0v) is 10.3. The summed E-state index contributed by atoms with van der Waals surface area (Å²) in [6, 6.07) is 7.92. The van der Waals surface area contributed by atoms with E-state index in [-0.39, 0.29) is 0 Å². The van der Waals surface area contributed by atoms with E-state index >= 15 is 0 Å². The quantitative estimate of drug-likeness (QED) is 0.570. The lowest BCUT2D eigenvalue weighted by Crippen LogP contribution is -2.22. The van der Waals surface area contributed by atoms with Gasteiger partial charge in [0, 0.05) is 19.8 Å². The van der Waals surface area contributed by atoms with Crippen molar-refractivity contribution in [1.29, 1.82) is 0 Å². The SMILES string of the molecule is CN=C(SC)N(C)c1ccc(OC)cc1. The van der Waals surface area contributed by atoms with Gasteiger partial charge in [-0.25, -0.2) is 0 Å². The molecule has 1 aromatic rings. The highest BCUT2D eigenvalue weighted by molar-refractivity contribution is 8.13. The average Bonchev–Trinajstić information content (AvgIpc) is 2.30. The Balaban J connectivity index is 2.86. The third-order valence-electron chi connectivity index (χ3n) is 2.12. The van der Waals surface area contributed by atoms with Crippen LogP contribution < -0.4 is 9.64 Å². The zero-order chi connectivity index (χ0) is 11.3. The second kappa shape index (κ2) is 5.66. The van der Waals surface area contributed by atoms with Gasteiger partial charge in [0.05, 0.1) is 7.11 Å². The summed E-state index contributed by atoms with van der Waals surface area (Å²) in [4.78, 5) is 6.25. The summed E-state index contributed by atoms with van der Waals surface area (Å²) in [5, 5.41) is 0.986. The summed E-state index contributed by atoms with van der Waals surface area (Å²) < 4.78 is 5.11. The van der Waals surface area contributed by atoms with E-state index < -0.39 is 0 Å². The van der Waals surface area contributed by atoms with E-state index in [0.29, 0.717) is 0 Å². The van der Waals surface area contributed by atoms with E-state index in [1.165, 1.54) is 0 Å². The Hall–Kier alpha value is -1.16. The van der Waals surface area contributed by atoms with Crippen LogP contribution in [0, 0.1) is 0 Å². The number of aliphatic imine (C=N–C) groups is 1. The van der Waals surface area contributed by atoms with Crippen molar-refractivity contribution in [1.82, 2.24) is 0 Å². The van der Waals surface area contributed by atoms with E-state index in [2.05, 4.69) is 4.99 Å². The smallest absolute Gasteiger partial charge is 0.162 e. The van der Waals surface area contributed by atoms with E-state index in [9.17, 15) is 0 Å². The molecule has 0 aliphatic rings. The van der Waals surface area contributed by atoms with Crippen molar-refractivity contribution in [3.63, 3.8) is 0 Å². The fourth-order valence-electron chi connectivity index (χ4n) is 1.29. The van der Waals surface area contributed by atoms with E-state index in [4.69, 9.17) is 4.74 Å². The first-order valence-corrected chi connectivity index (χ1v) is 5.84. The summed E-state index contributed by atoms with van der Waals surface area (Å²) in [6.45, 7) is 0. The van der Waals surface area contributed by atoms with Crippen LogP contribution in [0.25, 0.3) is 0 Å². The van der Waals surface area contributed by atoms with Crippen molar-refractivity contribution in [2.24, 2.45) is 4.99 Å². The summed E-state index contributed by atoms with van der Waals surface area (Å²) in [5.74, 6) is 0.867. The predicted molar refractivity (Wildman–Crippen MR) is 68.3 cm³/mol. The van der Waals surface area contributed by atoms with Gasteiger partial charge >= 0.3 is 0 Å². The molecular formula is C11H16N2OS. The maximum atomic E-state index is 5.11. The van der Waals surface area contributed by atoms with Gasteiger partial charge in [-0.15, -0.1) is 0 Å². The van der Waals surface area contributed by atoms with E-state index in [0.717, 1.165) is 16.6 Å². The third kappa shape index (κ3) is 2.89. The van der Waals surface area contributed by atoms with Gasteiger partial charge in [0.15, 0.2) is 5.17 Å². The van der Waals surface area contributed by atoms with Crippen LogP contribution in [0.1, 0.15) is 0 Å². The molecule has 0 radical (unpaired) electrons. The molecule has 0 amide bonds. The van der Waals surface area contributed by atoms with Gasteiger partial charge in [-0.2, -0.15) is 0 Å². The first kappa shape index (κ1) is 11.9. The van der Waals surface area contributed by atoms with Crippen LogP contribution in [0.5, 0.6) is 5.75 Å². The number of nitrogens with zero attached hydrogens (tertiary/aromatic N) is 2. The molecule has 82 valence electrons. The Kier molecular flexibility index (Phi) is 4.49. The van der Waals surface area contributed by atoms with Crippen LogP contribution >= 0.6 is 11.8 Å². The molecule has 0 spiro atoms. The van der Waals surface area contributed by atoms with Crippen molar-refractivity contribution in [3.8, 4) is 5.75 Å². The highest BCUT2D eigenvalue weighted by atomic mass is 32.2. The Morgan fingerprint density at radius 3 is 2.33 bits per heavy atom. The fraction of sp³-hybridized carbons (Fsp3) is 0.364. The molecule has 0 N–H and O–H groups in total. The van der Waals surface area contributed by atoms with Crippen LogP contribution in [-0.2, 0) is 0 Å². The van der Waals surface area contributed by atoms with Gasteiger partial charge in [0.1, 0.15) is 5.75 Å². The first-order chi connectivity index (χ1) is 7.22. The van der Waals surface area contributed by atoms with Gasteiger partial charge in [-0.1, -0.05) is 11.8 Å². The molecule has 15 heavy (non-hydrogen) atoms. The Bertz CT molecular complexity index is 335. The number of anilines is 1. The zero-order valence-electron chi connectivity index (χ0n) is 9.52. The molecule has 0 fully saturated rings. The molecule has 0 bridgehead atoms. The summed E-state index contributed by atoms with van der Waals surface area (Å²) >= 11 is 1.63. The molecule has 0 unspecified atom stereocenters. The highest BCUT2D eigenvalue weighted by Gasteiger charge is 2.06. The Morgan fingerprint density at radius 2 is 1.93 bits per heavy atom. The number of hydrogen-bond acceptors (Lipinski definition) is 3. The molecule has 0 saturated carbocycles. The lowest BCUT2D eigenvalue weighted by molar-refractivity contribution is 0.415. The second-order valence-corrected chi connectivity index (χ2v) is 3.74. The minimum Gasteiger partial charge on any atom is -0.497 e. The number of hydrogen-bond donors (Lipinski definition) is 0. The van der Waals surface area contributed by atoms with Gasteiger partial charge in [-0.3, -0.25) is 4.99 Å². The largest absolute Gasteiger partial charge is 0.497 e. The number of methoxy groups -OCH3 is 1. The van der Waals surface area contributed by atoms with E-state index in [1.54, 1.807) is 25.9 Å². The van der Waals surface area contributed by atoms with Crippen molar-refractivity contribution >= 4 is 22.6 Å². The molecular weight excluding hydrogens is 208 g/mol. The minimum atomic E-state index is 0.867. The van der Waals surface area contributed by atoms with Crippen LogP contribution in [0.3, 0.4) is 0 Å². The standard InChI is InChI=1S/C11H16N2OS/c1-12-11(15-4)13(2)9-5-7-10(14-3)8-6-9/h5-8H,1-4H3. The average molecular weight is 224 g/mol. The van der Waals surface area contributed by atoms with Gasteiger partial charge in [0.25, 0.3) is 0 Å². The molecule has 1 rings (SSSR count). The van der Waals surface area contributed by atoms with Crippen molar-refractivity contribution in [2.45, 2.75) is 0 Å². The van der Waals surface area contributed by atoms with E-state index in [1.807, 2.05) is 42.5 Å². The third-order valence-corrected chi connectivity index (χ3v) is 2.94. The molecule has 1 aromatic carbocycles. The molecule has 0 heterocycles. The normalized spacial score (nSPS) is 11.3. The van der Waals surface area contributed by atoms with Crippen molar-refractivity contribution in [3.05, 3.63) is 24.3 Å². The molecule has 0 saturated heterocycles. The van der Waals surface area contributed by atoms with Gasteiger partial charge in [-0.05, 0) is 30.5 Å². The fourth-order valence-corrected chi connectivity index (χ4v) is 1.86. The number of thioether (sulfide) groups is 1. The molecule has 3 nitrogen and oxygen atoms in total. The number of amidine groups is 1. The lowest BCUT2D eigenvalue weighted by atomic mass is 10.3. The summed E-state index contributed by atoms with van der Waals surface area (Å²) in [6.07, 6.45) is 2.02. The maximum absolute atomic E-state index is 5.11. The Labute approximate surface area is 95.1 Å². The maximum Gasteiger partial charge on any atom is 0.162 e. The van der Waals surface area contributed by atoms with Crippen LogP contribution in [-0.4, -0.2) is 32.6 Å². The Morgan fingerprint density at radius 1 is 1.33 bits per heavy atom. The second-order valence-electron chi connectivity index (χ2n) is 2.97. The van der Waals surface area contributed by atoms with Crippen LogP contribution in [0.15, 0.2) is 29.3 Å². The predicted octanol–water partition coefficient (Wildman–Crippen LogP) is 2.48. The molecule has 0 aliphatic heterocycles. The molecule has 4 heteroatoms. The summed E-state index contributed by atoms with van der Waals surface area (Å²) in [7, 11) is 5.46.